The first-order valence-corrected chi connectivity index (χ1v) is 7.90. The van der Waals surface area contributed by atoms with Crippen LogP contribution >= 0.6 is 0 Å². The van der Waals surface area contributed by atoms with Gasteiger partial charge in [-0.25, -0.2) is 0 Å². The topological polar surface area (TPSA) is 30.5 Å². The van der Waals surface area contributed by atoms with E-state index in [1.54, 1.807) is 0 Å². The highest BCUT2D eigenvalue weighted by Crippen LogP contribution is 2.32. The van der Waals surface area contributed by atoms with Crippen molar-refractivity contribution in [3.8, 4) is 5.75 Å². The summed E-state index contributed by atoms with van der Waals surface area (Å²) >= 11 is 0. The maximum absolute atomic E-state index is 6.19. The Kier molecular flexibility index (Phi) is 5.28. The first-order chi connectivity index (χ1) is 9.91. The fraction of sp³-hybridized carbons (Fsp3) is 0.667. The summed E-state index contributed by atoms with van der Waals surface area (Å²) in [6.07, 6.45) is 1.12. The van der Waals surface area contributed by atoms with Crippen molar-refractivity contribution in [2.75, 3.05) is 26.9 Å². The van der Waals surface area contributed by atoms with Crippen LogP contribution in [0.1, 0.15) is 38.3 Å². The molecule has 2 unspecified atom stereocenters. The van der Waals surface area contributed by atoms with Crippen LogP contribution in [0.4, 0.5) is 0 Å². The minimum Gasteiger partial charge on any atom is -0.492 e. The Morgan fingerprint density at radius 2 is 2.14 bits per heavy atom. The van der Waals surface area contributed by atoms with Gasteiger partial charge in [0.05, 0.1) is 6.61 Å². The second kappa shape index (κ2) is 6.80. The number of rotatable bonds is 5. The Morgan fingerprint density at radius 1 is 1.38 bits per heavy atom. The Bertz CT molecular complexity index is 459. The van der Waals surface area contributed by atoms with E-state index in [1.165, 1.54) is 11.1 Å². The summed E-state index contributed by atoms with van der Waals surface area (Å²) in [5.74, 6) is 1.57. The highest BCUT2D eigenvalue weighted by molar-refractivity contribution is 5.41. The van der Waals surface area contributed by atoms with Crippen LogP contribution in [0.15, 0.2) is 18.2 Å². The average Bonchev–Trinajstić information content (AvgIpc) is 2.92. The van der Waals surface area contributed by atoms with E-state index in [-0.39, 0.29) is 5.41 Å². The van der Waals surface area contributed by atoms with Crippen molar-refractivity contribution in [3.05, 3.63) is 29.3 Å². The lowest BCUT2D eigenvalue weighted by Gasteiger charge is -2.26. The fourth-order valence-corrected chi connectivity index (χ4v) is 2.87. The molecule has 1 N–H and O–H groups in total. The van der Waals surface area contributed by atoms with Crippen LogP contribution in [0.2, 0.25) is 0 Å². The molecule has 0 amide bonds. The molecule has 3 heteroatoms. The largest absolute Gasteiger partial charge is 0.492 e. The standard InChI is InChI=1S/C18H29NO2/c1-13-6-7-15(18(2,3)4)17(10-13)21-12-16(19-5)14-8-9-20-11-14/h6-7,10,14,16,19H,8-9,11-12H2,1-5H3. The molecule has 2 rings (SSSR count). The molecule has 21 heavy (non-hydrogen) atoms. The molecule has 1 fully saturated rings. The Balaban J connectivity index is 2.09. The second-order valence-corrected chi connectivity index (χ2v) is 7.08. The number of ether oxygens (including phenoxy) is 2. The van der Waals surface area contributed by atoms with Gasteiger partial charge in [0.2, 0.25) is 0 Å². The summed E-state index contributed by atoms with van der Waals surface area (Å²) in [4.78, 5) is 0. The van der Waals surface area contributed by atoms with Crippen molar-refractivity contribution in [1.29, 1.82) is 0 Å². The Morgan fingerprint density at radius 3 is 2.71 bits per heavy atom. The van der Waals surface area contributed by atoms with Gasteiger partial charge in [-0.3, -0.25) is 0 Å². The van der Waals surface area contributed by atoms with E-state index in [0.29, 0.717) is 18.6 Å². The number of benzene rings is 1. The minimum absolute atomic E-state index is 0.0919. The van der Waals surface area contributed by atoms with Crippen LogP contribution in [0, 0.1) is 12.8 Å². The lowest BCUT2D eigenvalue weighted by molar-refractivity contribution is 0.162. The number of hydrogen-bond acceptors (Lipinski definition) is 3. The molecule has 1 saturated heterocycles. The molecule has 118 valence electrons. The van der Waals surface area contributed by atoms with E-state index in [1.807, 2.05) is 7.05 Å². The Labute approximate surface area is 129 Å². The first-order valence-electron chi connectivity index (χ1n) is 7.90. The van der Waals surface area contributed by atoms with Crippen LogP contribution in [-0.4, -0.2) is 32.9 Å². The number of hydrogen-bond donors (Lipinski definition) is 1. The van der Waals surface area contributed by atoms with Crippen LogP contribution < -0.4 is 10.1 Å². The van der Waals surface area contributed by atoms with Crippen molar-refractivity contribution in [2.24, 2.45) is 5.92 Å². The van der Waals surface area contributed by atoms with E-state index in [9.17, 15) is 0 Å². The Hall–Kier alpha value is -1.06. The minimum atomic E-state index is 0.0919. The van der Waals surface area contributed by atoms with E-state index < -0.39 is 0 Å². The molecule has 1 aliphatic rings. The monoisotopic (exact) mass is 291 g/mol. The van der Waals surface area contributed by atoms with Gasteiger partial charge >= 0.3 is 0 Å². The van der Waals surface area contributed by atoms with Crippen LogP contribution in [0.25, 0.3) is 0 Å². The quantitative estimate of drug-likeness (QED) is 0.903. The van der Waals surface area contributed by atoms with Gasteiger partial charge < -0.3 is 14.8 Å². The van der Waals surface area contributed by atoms with E-state index >= 15 is 0 Å². The third-order valence-electron chi connectivity index (χ3n) is 4.27. The van der Waals surface area contributed by atoms with Crippen molar-refractivity contribution >= 4 is 0 Å². The highest BCUT2D eigenvalue weighted by Gasteiger charge is 2.26. The molecule has 0 spiro atoms. The van der Waals surface area contributed by atoms with Gasteiger partial charge in [0.1, 0.15) is 12.4 Å². The molecule has 1 aliphatic heterocycles. The summed E-state index contributed by atoms with van der Waals surface area (Å²) in [6, 6.07) is 6.85. The molecule has 1 aromatic rings. The van der Waals surface area contributed by atoms with Gasteiger partial charge in [-0.05, 0) is 43.0 Å². The van der Waals surface area contributed by atoms with Crippen molar-refractivity contribution in [2.45, 2.75) is 45.6 Å². The lowest BCUT2D eigenvalue weighted by Crippen LogP contribution is -2.39. The predicted molar refractivity (Wildman–Crippen MR) is 87.1 cm³/mol. The van der Waals surface area contributed by atoms with Gasteiger partial charge in [-0.15, -0.1) is 0 Å². The summed E-state index contributed by atoms with van der Waals surface area (Å²) in [6.45, 7) is 11.2. The van der Waals surface area contributed by atoms with Gasteiger partial charge in [-0.2, -0.15) is 0 Å². The predicted octanol–water partition coefficient (Wildman–Crippen LogP) is 3.30. The number of likely N-dealkylation sites (N-methyl/N-ethyl adjacent to an activating group) is 1. The zero-order valence-electron chi connectivity index (χ0n) is 14.0. The van der Waals surface area contributed by atoms with Crippen LogP contribution in [0.3, 0.4) is 0 Å². The van der Waals surface area contributed by atoms with Crippen molar-refractivity contribution in [3.63, 3.8) is 0 Å². The first kappa shape index (κ1) is 16.3. The molecule has 0 aromatic heterocycles. The zero-order valence-corrected chi connectivity index (χ0v) is 14.0. The van der Waals surface area contributed by atoms with Crippen molar-refractivity contribution < 1.29 is 9.47 Å². The van der Waals surface area contributed by atoms with Crippen LogP contribution in [0.5, 0.6) is 5.75 Å². The van der Waals surface area contributed by atoms with Crippen LogP contribution in [-0.2, 0) is 10.2 Å². The lowest BCUT2D eigenvalue weighted by atomic mass is 9.86. The third-order valence-corrected chi connectivity index (χ3v) is 4.27. The molecule has 0 bridgehead atoms. The van der Waals surface area contributed by atoms with E-state index in [2.05, 4.69) is 51.2 Å². The molecular formula is C18H29NO2. The van der Waals surface area contributed by atoms with Gasteiger partial charge in [0, 0.05) is 18.6 Å². The number of aryl methyl sites for hydroxylation is 1. The summed E-state index contributed by atoms with van der Waals surface area (Å²) in [5, 5.41) is 3.38. The second-order valence-electron chi connectivity index (χ2n) is 7.08. The smallest absolute Gasteiger partial charge is 0.123 e. The molecule has 1 heterocycles. The molecule has 2 atom stereocenters. The average molecular weight is 291 g/mol. The summed E-state index contributed by atoms with van der Waals surface area (Å²) < 4.78 is 11.7. The van der Waals surface area contributed by atoms with Gasteiger partial charge in [0.25, 0.3) is 0 Å². The molecular weight excluding hydrogens is 262 g/mol. The van der Waals surface area contributed by atoms with E-state index in [4.69, 9.17) is 9.47 Å². The molecule has 1 aromatic carbocycles. The molecule has 3 nitrogen and oxygen atoms in total. The number of nitrogens with one attached hydrogen (secondary N) is 1. The molecule has 0 radical (unpaired) electrons. The van der Waals surface area contributed by atoms with Gasteiger partial charge in [-0.1, -0.05) is 32.9 Å². The molecule has 0 aliphatic carbocycles. The maximum atomic E-state index is 6.19. The zero-order chi connectivity index (χ0) is 15.5. The third kappa shape index (κ3) is 4.21. The SMILES string of the molecule is CNC(COc1cc(C)ccc1C(C)(C)C)C1CCOC1. The summed E-state index contributed by atoms with van der Waals surface area (Å²) in [7, 11) is 2.01. The molecule has 0 saturated carbocycles. The normalized spacial score (nSPS) is 20.5. The summed E-state index contributed by atoms with van der Waals surface area (Å²) in [5.41, 5.74) is 2.60. The van der Waals surface area contributed by atoms with Crippen molar-refractivity contribution in [1.82, 2.24) is 5.32 Å². The maximum Gasteiger partial charge on any atom is 0.123 e. The highest BCUT2D eigenvalue weighted by atomic mass is 16.5. The van der Waals surface area contributed by atoms with Gasteiger partial charge in [0.15, 0.2) is 0 Å². The fourth-order valence-electron chi connectivity index (χ4n) is 2.87. The van der Waals surface area contributed by atoms with E-state index in [0.717, 1.165) is 25.4 Å².